The number of nitrogens with two attached hydrogens (primary N) is 1. The first-order chi connectivity index (χ1) is 7.97. The lowest BCUT2D eigenvalue weighted by Crippen LogP contribution is -2.46. The van der Waals surface area contributed by atoms with Crippen molar-refractivity contribution in [2.45, 2.75) is 23.2 Å². The summed E-state index contributed by atoms with van der Waals surface area (Å²) in [6, 6.07) is -0.0659. The van der Waals surface area contributed by atoms with E-state index in [1.165, 1.54) is 0 Å². The summed E-state index contributed by atoms with van der Waals surface area (Å²) in [5.41, 5.74) is 5.37. The fourth-order valence-corrected chi connectivity index (χ4v) is 3.92. The van der Waals surface area contributed by atoms with E-state index < -0.39 is 10.0 Å². The summed E-state index contributed by atoms with van der Waals surface area (Å²) >= 11 is 0.876. The molecule has 1 aromatic rings. The maximum atomic E-state index is 11.9. The van der Waals surface area contributed by atoms with Crippen molar-refractivity contribution >= 4 is 26.5 Å². The van der Waals surface area contributed by atoms with Crippen LogP contribution in [0.3, 0.4) is 0 Å². The second-order valence-corrected chi connectivity index (χ2v) is 7.03. The molecule has 0 radical (unpaired) electrons. The minimum atomic E-state index is -3.57. The normalized spacial score (nSPS) is 22.8. The van der Waals surface area contributed by atoms with Gasteiger partial charge in [-0.15, -0.1) is 10.2 Å². The van der Waals surface area contributed by atoms with Crippen molar-refractivity contribution in [3.63, 3.8) is 0 Å². The third-order valence-electron chi connectivity index (χ3n) is 2.60. The minimum absolute atomic E-state index is 0.0659. The number of aromatic nitrogens is 2. The van der Waals surface area contributed by atoms with Crippen LogP contribution in [-0.4, -0.2) is 49.7 Å². The summed E-state index contributed by atoms with van der Waals surface area (Å²) in [6.07, 6.45) is 1.83. The average molecular weight is 277 g/mol. The molecule has 96 valence electrons. The fraction of sp³-hybridized carbons (Fsp3) is 0.750. The molecule has 1 aliphatic rings. The number of sulfonamides is 1. The molecule has 17 heavy (non-hydrogen) atoms. The maximum Gasteiger partial charge on any atom is 0.270 e. The average Bonchev–Trinajstić information content (AvgIpc) is 2.65. The monoisotopic (exact) mass is 277 g/mol. The summed E-state index contributed by atoms with van der Waals surface area (Å²) in [6.45, 7) is 1.72. The van der Waals surface area contributed by atoms with Crippen molar-refractivity contribution < 1.29 is 8.42 Å². The Kier molecular flexibility index (Phi) is 3.61. The Balaban J connectivity index is 2.07. The number of rotatable bonds is 3. The lowest BCUT2D eigenvalue weighted by Gasteiger charge is -2.29. The van der Waals surface area contributed by atoms with Crippen LogP contribution < -0.4 is 10.5 Å². The number of nitrogens with zero attached hydrogens (tertiary/aromatic N) is 3. The first-order valence-corrected chi connectivity index (χ1v) is 7.57. The summed E-state index contributed by atoms with van der Waals surface area (Å²) in [7, 11) is -1.60. The van der Waals surface area contributed by atoms with Gasteiger partial charge in [0, 0.05) is 12.6 Å². The molecule has 1 fully saturated rings. The van der Waals surface area contributed by atoms with Gasteiger partial charge in [0.2, 0.25) is 9.47 Å². The summed E-state index contributed by atoms with van der Waals surface area (Å²) in [5, 5.41) is 7.22. The fourth-order valence-electron chi connectivity index (χ4n) is 1.86. The van der Waals surface area contributed by atoms with E-state index in [1.807, 2.05) is 7.05 Å². The van der Waals surface area contributed by atoms with Crippen LogP contribution in [0.1, 0.15) is 12.8 Å². The molecule has 9 heteroatoms. The number of hydrogen-bond acceptors (Lipinski definition) is 7. The van der Waals surface area contributed by atoms with Gasteiger partial charge in [0.05, 0.1) is 0 Å². The molecule has 0 bridgehead atoms. The van der Waals surface area contributed by atoms with E-state index in [0.717, 1.165) is 30.7 Å². The predicted octanol–water partition coefficient (Wildman–Crippen LogP) is -0.507. The van der Waals surface area contributed by atoms with Gasteiger partial charge >= 0.3 is 0 Å². The molecule has 2 heterocycles. The van der Waals surface area contributed by atoms with Crippen LogP contribution in [0.4, 0.5) is 5.13 Å². The van der Waals surface area contributed by atoms with E-state index in [2.05, 4.69) is 19.8 Å². The highest BCUT2D eigenvalue weighted by Gasteiger charge is 2.26. The van der Waals surface area contributed by atoms with Gasteiger partial charge in [-0.2, -0.15) is 0 Å². The van der Waals surface area contributed by atoms with Gasteiger partial charge in [0.15, 0.2) is 0 Å². The van der Waals surface area contributed by atoms with Crippen LogP contribution in [0.15, 0.2) is 4.34 Å². The lowest BCUT2D eigenvalue weighted by molar-refractivity contribution is 0.242. The molecule has 1 unspecified atom stereocenters. The Labute approximate surface area is 104 Å². The van der Waals surface area contributed by atoms with Crippen LogP contribution in [0.2, 0.25) is 0 Å². The molecule has 0 spiro atoms. The van der Waals surface area contributed by atoms with E-state index >= 15 is 0 Å². The second kappa shape index (κ2) is 4.84. The maximum absolute atomic E-state index is 11.9. The van der Waals surface area contributed by atoms with Gasteiger partial charge < -0.3 is 10.6 Å². The van der Waals surface area contributed by atoms with Gasteiger partial charge in [-0.25, -0.2) is 13.1 Å². The minimum Gasteiger partial charge on any atom is -0.374 e. The van der Waals surface area contributed by atoms with Crippen LogP contribution in [0.5, 0.6) is 0 Å². The number of likely N-dealkylation sites (N-methyl/N-ethyl adjacent to an activating group) is 1. The van der Waals surface area contributed by atoms with Crippen molar-refractivity contribution in [1.82, 2.24) is 19.8 Å². The third kappa shape index (κ3) is 3.12. The molecule has 0 aromatic carbocycles. The summed E-state index contributed by atoms with van der Waals surface area (Å²) < 4.78 is 26.5. The van der Waals surface area contributed by atoms with Crippen molar-refractivity contribution in [2.75, 3.05) is 25.9 Å². The molecule has 0 aliphatic carbocycles. The van der Waals surface area contributed by atoms with E-state index in [1.54, 1.807) is 0 Å². The molecular weight excluding hydrogens is 262 g/mol. The molecular formula is C8H15N5O2S2. The zero-order valence-electron chi connectivity index (χ0n) is 9.46. The molecule has 3 N–H and O–H groups in total. The molecule has 1 aliphatic heterocycles. The highest BCUT2D eigenvalue weighted by Crippen LogP contribution is 2.18. The van der Waals surface area contributed by atoms with Crippen molar-refractivity contribution in [1.29, 1.82) is 0 Å². The molecule has 0 amide bonds. The van der Waals surface area contributed by atoms with Crippen LogP contribution >= 0.6 is 11.3 Å². The topological polar surface area (TPSA) is 101 Å². The highest BCUT2D eigenvalue weighted by molar-refractivity contribution is 7.91. The second-order valence-electron chi connectivity index (χ2n) is 4.13. The first-order valence-electron chi connectivity index (χ1n) is 5.27. The Bertz CT molecular complexity index is 486. The van der Waals surface area contributed by atoms with E-state index in [9.17, 15) is 8.42 Å². The lowest BCUT2D eigenvalue weighted by atomic mass is 10.1. The van der Waals surface area contributed by atoms with E-state index in [-0.39, 0.29) is 15.5 Å². The molecule has 0 saturated carbocycles. The quantitative estimate of drug-likeness (QED) is 0.772. The Morgan fingerprint density at radius 2 is 2.29 bits per heavy atom. The Morgan fingerprint density at radius 1 is 1.53 bits per heavy atom. The summed E-state index contributed by atoms with van der Waals surface area (Å²) in [5.74, 6) is 0. The van der Waals surface area contributed by atoms with Crippen LogP contribution in [-0.2, 0) is 10.0 Å². The molecule has 1 aromatic heterocycles. The van der Waals surface area contributed by atoms with Crippen molar-refractivity contribution in [2.24, 2.45) is 0 Å². The largest absolute Gasteiger partial charge is 0.374 e. The molecule has 2 rings (SSSR count). The molecule has 7 nitrogen and oxygen atoms in total. The van der Waals surface area contributed by atoms with Crippen LogP contribution in [0, 0.1) is 0 Å². The van der Waals surface area contributed by atoms with Crippen molar-refractivity contribution in [3.05, 3.63) is 0 Å². The number of anilines is 1. The van der Waals surface area contributed by atoms with Gasteiger partial charge in [-0.1, -0.05) is 11.3 Å². The number of likely N-dealkylation sites (tertiary alicyclic amines) is 1. The van der Waals surface area contributed by atoms with Gasteiger partial charge in [-0.3, -0.25) is 0 Å². The Morgan fingerprint density at radius 3 is 2.88 bits per heavy atom. The van der Waals surface area contributed by atoms with Crippen molar-refractivity contribution in [3.8, 4) is 0 Å². The molecule has 1 atom stereocenters. The smallest absolute Gasteiger partial charge is 0.270 e. The standard InChI is InChI=1S/C8H15N5O2S2/c1-13-4-2-3-6(5-13)12-17(14,15)8-11-10-7(9)16-8/h6,12H,2-5H2,1H3,(H2,9,10). The SMILES string of the molecule is CN1CCCC(NS(=O)(=O)c2nnc(N)s2)C1. The predicted molar refractivity (Wildman–Crippen MR) is 65.2 cm³/mol. The van der Waals surface area contributed by atoms with Gasteiger partial charge in [-0.05, 0) is 26.4 Å². The number of nitrogen functional groups attached to an aromatic ring is 1. The van der Waals surface area contributed by atoms with Gasteiger partial charge in [0.25, 0.3) is 10.0 Å². The summed E-state index contributed by atoms with van der Waals surface area (Å²) in [4.78, 5) is 2.10. The number of nitrogens with one attached hydrogen (secondary N) is 1. The molecule has 1 saturated heterocycles. The number of piperidine rings is 1. The van der Waals surface area contributed by atoms with E-state index in [0.29, 0.717) is 6.54 Å². The third-order valence-corrected chi connectivity index (χ3v) is 5.24. The highest BCUT2D eigenvalue weighted by atomic mass is 32.2. The zero-order chi connectivity index (χ0) is 12.5. The van der Waals surface area contributed by atoms with Gasteiger partial charge in [0.1, 0.15) is 0 Å². The zero-order valence-corrected chi connectivity index (χ0v) is 11.1. The Hall–Kier alpha value is -0.770. The number of hydrogen-bond donors (Lipinski definition) is 2. The first kappa shape index (κ1) is 12.7. The van der Waals surface area contributed by atoms with E-state index in [4.69, 9.17) is 5.73 Å². The van der Waals surface area contributed by atoms with Crippen LogP contribution in [0.25, 0.3) is 0 Å².